The van der Waals surface area contributed by atoms with Crippen molar-refractivity contribution in [2.75, 3.05) is 18.0 Å². The topological polar surface area (TPSA) is 62.3 Å². The minimum absolute atomic E-state index is 0.0928. The molecule has 0 amide bonds. The van der Waals surface area contributed by atoms with Gasteiger partial charge in [-0.05, 0) is 43.5 Å². The van der Waals surface area contributed by atoms with E-state index in [0.717, 1.165) is 24.5 Å². The van der Waals surface area contributed by atoms with Crippen molar-refractivity contribution >= 4 is 26.5 Å². The van der Waals surface area contributed by atoms with Crippen molar-refractivity contribution in [3.63, 3.8) is 0 Å². The number of aryl methyl sites for hydroxylation is 1. The fraction of sp³-hybridized carbons (Fsp3) is 0.400. The third-order valence-corrected chi connectivity index (χ3v) is 6.22. The fourth-order valence-corrected chi connectivity index (χ4v) is 4.63. The minimum atomic E-state index is -3.64. The number of sulfonamides is 1. The molecule has 0 aliphatic carbocycles. The van der Waals surface area contributed by atoms with E-state index in [9.17, 15) is 12.8 Å². The number of aromatic nitrogens is 1. The number of nitrogens with one attached hydrogen (secondary N) is 1. The SMILES string of the molecule is Cc1cc(S(=O)(=O)NCC2CCCN2c2nccs2)ccc1F. The third-order valence-electron chi connectivity index (χ3n) is 3.99. The lowest BCUT2D eigenvalue weighted by molar-refractivity contribution is 0.566. The minimum Gasteiger partial charge on any atom is -0.344 e. The van der Waals surface area contributed by atoms with Crippen LogP contribution in [0.3, 0.4) is 0 Å². The lowest BCUT2D eigenvalue weighted by atomic mass is 10.2. The molecular formula is C15H18FN3O2S2. The summed E-state index contributed by atoms with van der Waals surface area (Å²) in [6, 6.07) is 3.92. The van der Waals surface area contributed by atoms with E-state index < -0.39 is 15.8 Å². The van der Waals surface area contributed by atoms with Gasteiger partial charge in [0.1, 0.15) is 5.82 Å². The quantitative estimate of drug-likeness (QED) is 0.895. The first kappa shape index (κ1) is 16.4. The molecule has 0 radical (unpaired) electrons. The Hall–Kier alpha value is -1.51. The first-order chi connectivity index (χ1) is 11.0. The van der Waals surface area contributed by atoms with Crippen LogP contribution in [0.5, 0.6) is 0 Å². The molecule has 2 aromatic rings. The summed E-state index contributed by atoms with van der Waals surface area (Å²) in [5.41, 5.74) is 0.318. The van der Waals surface area contributed by atoms with Gasteiger partial charge in [0, 0.05) is 30.7 Å². The van der Waals surface area contributed by atoms with E-state index in [0.29, 0.717) is 12.1 Å². The van der Waals surface area contributed by atoms with Gasteiger partial charge >= 0.3 is 0 Å². The van der Waals surface area contributed by atoms with Crippen LogP contribution in [0.25, 0.3) is 0 Å². The van der Waals surface area contributed by atoms with Crippen LogP contribution in [0.1, 0.15) is 18.4 Å². The maximum Gasteiger partial charge on any atom is 0.240 e. The average Bonchev–Trinajstić information content (AvgIpc) is 3.18. The predicted octanol–water partition coefficient (Wildman–Crippen LogP) is 2.54. The van der Waals surface area contributed by atoms with Crippen molar-refractivity contribution < 1.29 is 12.8 Å². The molecule has 124 valence electrons. The van der Waals surface area contributed by atoms with Crippen LogP contribution in [0.15, 0.2) is 34.7 Å². The van der Waals surface area contributed by atoms with E-state index in [1.165, 1.54) is 18.2 Å². The van der Waals surface area contributed by atoms with Crippen molar-refractivity contribution in [1.82, 2.24) is 9.71 Å². The Labute approximate surface area is 139 Å². The molecule has 2 heterocycles. The molecule has 8 heteroatoms. The zero-order valence-electron chi connectivity index (χ0n) is 12.7. The highest BCUT2D eigenvalue weighted by Gasteiger charge is 2.28. The predicted molar refractivity (Wildman–Crippen MR) is 88.8 cm³/mol. The van der Waals surface area contributed by atoms with Crippen LogP contribution in [-0.2, 0) is 10.0 Å². The summed E-state index contributed by atoms with van der Waals surface area (Å²) in [5, 5.41) is 2.83. The molecule has 0 spiro atoms. The molecule has 1 atom stereocenters. The molecule has 1 unspecified atom stereocenters. The molecule has 0 bridgehead atoms. The molecule has 5 nitrogen and oxygen atoms in total. The van der Waals surface area contributed by atoms with Gasteiger partial charge in [-0.3, -0.25) is 0 Å². The van der Waals surface area contributed by atoms with Gasteiger partial charge in [-0.1, -0.05) is 0 Å². The Kier molecular flexibility index (Phi) is 4.65. The highest BCUT2D eigenvalue weighted by molar-refractivity contribution is 7.89. The molecule has 1 aliphatic heterocycles. The first-order valence-corrected chi connectivity index (χ1v) is 9.75. The number of benzene rings is 1. The molecule has 23 heavy (non-hydrogen) atoms. The lowest BCUT2D eigenvalue weighted by Crippen LogP contribution is -2.40. The van der Waals surface area contributed by atoms with Crippen molar-refractivity contribution in [3.05, 3.63) is 41.2 Å². The van der Waals surface area contributed by atoms with Crippen LogP contribution in [0.2, 0.25) is 0 Å². The van der Waals surface area contributed by atoms with E-state index in [4.69, 9.17) is 0 Å². The Morgan fingerprint density at radius 2 is 2.30 bits per heavy atom. The summed E-state index contributed by atoms with van der Waals surface area (Å²) >= 11 is 1.55. The van der Waals surface area contributed by atoms with E-state index in [1.54, 1.807) is 24.5 Å². The van der Waals surface area contributed by atoms with Gasteiger partial charge in [0.2, 0.25) is 10.0 Å². The highest BCUT2D eigenvalue weighted by Crippen LogP contribution is 2.27. The van der Waals surface area contributed by atoms with Crippen LogP contribution in [-0.4, -0.2) is 32.5 Å². The molecule has 1 aliphatic rings. The highest BCUT2D eigenvalue weighted by atomic mass is 32.2. The summed E-state index contributed by atoms with van der Waals surface area (Å²) in [5.74, 6) is -0.408. The fourth-order valence-electron chi connectivity index (χ4n) is 2.73. The number of thiazole rings is 1. The summed E-state index contributed by atoms with van der Waals surface area (Å²) < 4.78 is 40.7. The lowest BCUT2D eigenvalue weighted by Gasteiger charge is -2.24. The molecule has 1 aromatic carbocycles. The second kappa shape index (κ2) is 6.54. The Morgan fingerprint density at radius 3 is 3.00 bits per heavy atom. The number of hydrogen-bond acceptors (Lipinski definition) is 5. The van der Waals surface area contributed by atoms with E-state index in [1.807, 2.05) is 5.38 Å². The zero-order chi connectivity index (χ0) is 16.4. The largest absolute Gasteiger partial charge is 0.344 e. The number of rotatable bonds is 5. The van der Waals surface area contributed by atoms with Crippen LogP contribution in [0, 0.1) is 12.7 Å². The third kappa shape index (κ3) is 3.54. The summed E-state index contributed by atoms with van der Waals surface area (Å²) in [4.78, 5) is 6.53. The van der Waals surface area contributed by atoms with Crippen molar-refractivity contribution in [1.29, 1.82) is 0 Å². The smallest absolute Gasteiger partial charge is 0.240 e. The second-order valence-corrected chi connectivity index (χ2v) is 8.21. The van der Waals surface area contributed by atoms with Crippen LogP contribution < -0.4 is 9.62 Å². The van der Waals surface area contributed by atoms with Gasteiger partial charge in [0.25, 0.3) is 0 Å². The van der Waals surface area contributed by atoms with Gasteiger partial charge in [0.15, 0.2) is 5.13 Å². The zero-order valence-corrected chi connectivity index (χ0v) is 14.3. The Balaban J connectivity index is 1.70. The molecular weight excluding hydrogens is 337 g/mol. The standard InChI is InChI=1S/C15H18FN3O2S2/c1-11-9-13(4-5-14(11)16)23(20,21)18-10-12-3-2-7-19(12)15-17-6-8-22-15/h4-6,8-9,12,18H,2-3,7,10H2,1H3. The summed E-state index contributed by atoms with van der Waals surface area (Å²) in [6.45, 7) is 2.75. The summed E-state index contributed by atoms with van der Waals surface area (Å²) in [6.07, 6.45) is 3.69. The van der Waals surface area contributed by atoms with Crippen molar-refractivity contribution in [3.8, 4) is 0 Å². The van der Waals surface area contributed by atoms with Gasteiger partial charge in [-0.15, -0.1) is 11.3 Å². The molecule has 1 saturated heterocycles. The number of hydrogen-bond donors (Lipinski definition) is 1. The molecule has 1 fully saturated rings. The Bertz CT molecular complexity index is 778. The Morgan fingerprint density at radius 1 is 1.48 bits per heavy atom. The second-order valence-electron chi connectivity index (χ2n) is 5.57. The normalized spacial score (nSPS) is 18.5. The molecule has 3 rings (SSSR count). The van der Waals surface area contributed by atoms with Gasteiger partial charge in [-0.25, -0.2) is 22.5 Å². The molecule has 1 N–H and O–H groups in total. The van der Waals surface area contributed by atoms with Crippen molar-refractivity contribution in [2.45, 2.75) is 30.7 Å². The number of halogens is 1. The van der Waals surface area contributed by atoms with Crippen LogP contribution >= 0.6 is 11.3 Å². The van der Waals surface area contributed by atoms with Crippen molar-refractivity contribution in [2.24, 2.45) is 0 Å². The summed E-state index contributed by atoms with van der Waals surface area (Å²) in [7, 11) is -3.64. The maximum atomic E-state index is 13.3. The number of nitrogens with zero attached hydrogens (tertiary/aromatic N) is 2. The van der Waals surface area contributed by atoms with Gasteiger partial charge in [0.05, 0.1) is 4.90 Å². The van der Waals surface area contributed by atoms with Gasteiger partial charge < -0.3 is 4.90 Å². The van der Waals surface area contributed by atoms with Gasteiger partial charge in [-0.2, -0.15) is 0 Å². The molecule has 1 aromatic heterocycles. The maximum absolute atomic E-state index is 13.3. The van der Waals surface area contributed by atoms with E-state index >= 15 is 0 Å². The number of anilines is 1. The van der Waals surface area contributed by atoms with E-state index in [2.05, 4.69) is 14.6 Å². The molecule has 0 saturated carbocycles. The van der Waals surface area contributed by atoms with Crippen LogP contribution in [0.4, 0.5) is 9.52 Å². The van der Waals surface area contributed by atoms with E-state index in [-0.39, 0.29) is 10.9 Å². The average molecular weight is 355 g/mol. The monoisotopic (exact) mass is 355 g/mol. The first-order valence-electron chi connectivity index (χ1n) is 7.39.